The second kappa shape index (κ2) is 10.6. The molecule has 1 aromatic carbocycles. The van der Waals surface area contributed by atoms with Crippen LogP contribution in [0.2, 0.25) is 0 Å². The molecule has 3 rings (SSSR count). The minimum absolute atomic E-state index is 0.275. The summed E-state index contributed by atoms with van der Waals surface area (Å²) >= 11 is 0. The summed E-state index contributed by atoms with van der Waals surface area (Å²) in [5, 5.41) is 5.71. The third kappa shape index (κ3) is 6.41. The summed E-state index contributed by atoms with van der Waals surface area (Å²) in [6.07, 6.45) is 4.50. The molecule has 2 saturated heterocycles. The van der Waals surface area contributed by atoms with Crippen LogP contribution in [0.1, 0.15) is 58.4 Å². The van der Waals surface area contributed by atoms with E-state index in [0.717, 1.165) is 24.1 Å². The summed E-state index contributed by atoms with van der Waals surface area (Å²) in [5.74, 6) is -0.695. The van der Waals surface area contributed by atoms with Crippen molar-refractivity contribution in [2.75, 3.05) is 18.5 Å². The van der Waals surface area contributed by atoms with Gasteiger partial charge in [-0.25, -0.2) is 4.79 Å². The molecular weight excluding hydrogens is 384 g/mol. The predicted molar refractivity (Wildman–Crippen MR) is 115 cm³/mol. The van der Waals surface area contributed by atoms with Crippen LogP contribution in [0.15, 0.2) is 24.3 Å². The average molecular weight is 421 g/mol. The number of fused-ring (bicyclic) bond motifs is 1. The van der Waals surface area contributed by atoms with E-state index in [0.29, 0.717) is 13.2 Å². The van der Waals surface area contributed by atoms with Gasteiger partial charge >= 0.3 is 6.03 Å². The average Bonchev–Trinajstić information content (AvgIpc) is 3.16. The van der Waals surface area contributed by atoms with E-state index in [1.807, 2.05) is 45.0 Å². The van der Waals surface area contributed by atoms with Crippen molar-refractivity contribution < 1.29 is 23.7 Å². The van der Waals surface area contributed by atoms with Crippen LogP contribution in [0.4, 0.5) is 10.5 Å². The molecule has 4 atom stereocenters. The lowest BCUT2D eigenvalue weighted by Crippen LogP contribution is -2.44. The molecule has 1 aromatic rings. The van der Waals surface area contributed by atoms with Gasteiger partial charge in [-0.2, -0.15) is 0 Å². The Bertz CT molecular complexity index is 679. The van der Waals surface area contributed by atoms with E-state index >= 15 is 0 Å². The van der Waals surface area contributed by atoms with Gasteiger partial charge in [0, 0.05) is 18.8 Å². The number of unbranched alkanes of at least 4 members (excludes halogenated alkanes) is 4. The van der Waals surface area contributed by atoms with Crippen molar-refractivity contribution in [1.82, 2.24) is 5.32 Å². The number of rotatable bonds is 10. The molecule has 2 heterocycles. The van der Waals surface area contributed by atoms with Crippen molar-refractivity contribution in [2.24, 2.45) is 0 Å². The van der Waals surface area contributed by atoms with Gasteiger partial charge in [0.05, 0.1) is 0 Å². The van der Waals surface area contributed by atoms with Gasteiger partial charge < -0.3 is 29.6 Å². The standard InChI is InChI=1S/C23H36N2O5/c1-5-6-7-8-9-14-27-19-18(28-21-20(19)29-23(3,4)30-21)15-24-22(26)25-17-12-10-16(2)11-13-17/h10-13,18-21H,5-9,14-15H2,1-4H3,(H2,24,25,26)/t18-,19-,20-,21-/m1/s1. The van der Waals surface area contributed by atoms with Crippen LogP contribution < -0.4 is 10.6 Å². The summed E-state index contributed by atoms with van der Waals surface area (Å²) in [7, 11) is 0. The first kappa shape index (κ1) is 23.0. The highest BCUT2D eigenvalue weighted by molar-refractivity contribution is 5.89. The molecule has 168 valence electrons. The number of carbonyl (C=O) groups excluding carboxylic acids is 1. The smallest absolute Gasteiger partial charge is 0.319 e. The first-order valence-electron chi connectivity index (χ1n) is 11.1. The molecule has 2 aliphatic rings. The Labute approximate surface area is 179 Å². The fourth-order valence-electron chi connectivity index (χ4n) is 3.84. The fraction of sp³-hybridized carbons (Fsp3) is 0.696. The maximum absolute atomic E-state index is 12.3. The number of benzene rings is 1. The summed E-state index contributed by atoms with van der Waals surface area (Å²) in [6, 6.07) is 7.38. The van der Waals surface area contributed by atoms with Gasteiger partial charge in [-0.05, 0) is 39.3 Å². The van der Waals surface area contributed by atoms with Crippen molar-refractivity contribution in [1.29, 1.82) is 0 Å². The number of urea groups is 1. The third-order valence-corrected chi connectivity index (χ3v) is 5.42. The van der Waals surface area contributed by atoms with Gasteiger partial charge in [-0.1, -0.05) is 50.3 Å². The molecule has 30 heavy (non-hydrogen) atoms. The van der Waals surface area contributed by atoms with Crippen molar-refractivity contribution in [2.45, 2.75) is 90.2 Å². The molecule has 0 radical (unpaired) electrons. The normalized spacial score (nSPS) is 27.1. The van der Waals surface area contributed by atoms with Crippen LogP contribution in [0, 0.1) is 6.92 Å². The lowest BCUT2D eigenvalue weighted by Gasteiger charge is -2.26. The highest BCUT2D eigenvalue weighted by atomic mass is 16.8. The summed E-state index contributed by atoms with van der Waals surface area (Å²) < 4.78 is 24.1. The van der Waals surface area contributed by atoms with Gasteiger partial charge in [0.1, 0.15) is 18.3 Å². The molecule has 2 fully saturated rings. The predicted octanol–water partition coefficient (Wildman–Crippen LogP) is 4.35. The molecule has 7 heteroatoms. The zero-order valence-electron chi connectivity index (χ0n) is 18.6. The highest BCUT2D eigenvalue weighted by Crippen LogP contribution is 2.38. The van der Waals surface area contributed by atoms with Crippen molar-refractivity contribution in [3.05, 3.63) is 29.8 Å². The Balaban J connectivity index is 1.49. The van der Waals surface area contributed by atoms with Crippen LogP contribution >= 0.6 is 0 Å². The molecule has 0 saturated carbocycles. The number of amides is 2. The molecule has 0 aromatic heterocycles. The largest absolute Gasteiger partial charge is 0.373 e. The Kier molecular flexibility index (Phi) is 8.11. The molecule has 2 aliphatic heterocycles. The first-order chi connectivity index (χ1) is 14.4. The third-order valence-electron chi connectivity index (χ3n) is 5.42. The topological polar surface area (TPSA) is 78.1 Å². The Morgan fingerprint density at radius 1 is 1.10 bits per heavy atom. The molecule has 2 N–H and O–H groups in total. The van der Waals surface area contributed by atoms with E-state index < -0.39 is 12.1 Å². The van der Waals surface area contributed by atoms with Gasteiger partial charge in [0.25, 0.3) is 0 Å². The first-order valence-corrected chi connectivity index (χ1v) is 11.1. The minimum Gasteiger partial charge on any atom is -0.373 e. The molecule has 2 amide bonds. The zero-order valence-corrected chi connectivity index (χ0v) is 18.6. The number of nitrogens with one attached hydrogen (secondary N) is 2. The Hall–Kier alpha value is -1.67. The van der Waals surface area contributed by atoms with Crippen molar-refractivity contribution in [3.8, 4) is 0 Å². The second-order valence-electron chi connectivity index (χ2n) is 8.59. The van der Waals surface area contributed by atoms with Gasteiger partial charge in [-0.15, -0.1) is 0 Å². The second-order valence-corrected chi connectivity index (χ2v) is 8.59. The Morgan fingerprint density at radius 3 is 2.57 bits per heavy atom. The maximum atomic E-state index is 12.3. The van der Waals surface area contributed by atoms with Gasteiger partial charge in [0.15, 0.2) is 12.1 Å². The van der Waals surface area contributed by atoms with Gasteiger partial charge in [-0.3, -0.25) is 0 Å². The number of hydrogen-bond acceptors (Lipinski definition) is 5. The molecule has 0 spiro atoms. The SMILES string of the molecule is CCCCCCCO[C@H]1[C@H]2OC(C)(C)O[C@H]2O[C@@H]1CNC(=O)Nc1ccc(C)cc1. The van der Waals surface area contributed by atoms with Crippen LogP contribution in [0.5, 0.6) is 0 Å². The number of anilines is 1. The number of aryl methyl sites for hydroxylation is 1. The van der Waals surface area contributed by atoms with Crippen LogP contribution in [0.3, 0.4) is 0 Å². The number of ether oxygens (including phenoxy) is 4. The molecular formula is C23H36N2O5. The van der Waals surface area contributed by atoms with E-state index in [1.165, 1.54) is 19.3 Å². The monoisotopic (exact) mass is 420 g/mol. The van der Waals surface area contributed by atoms with E-state index in [-0.39, 0.29) is 24.3 Å². The van der Waals surface area contributed by atoms with E-state index in [2.05, 4.69) is 17.6 Å². The lowest BCUT2D eigenvalue weighted by molar-refractivity contribution is -0.217. The molecule has 0 unspecified atom stereocenters. The summed E-state index contributed by atoms with van der Waals surface area (Å²) in [6.45, 7) is 8.93. The lowest BCUT2D eigenvalue weighted by atomic mass is 10.1. The molecule has 0 aliphatic carbocycles. The van der Waals surface area contributed by atoms with Crippen molar-refractivity contribution >= 4 is 11.7 Å². The van der Waals surface area contributed by atoms with E-state index in [4.69, 9.17) is 18.9 Å². The maximum Gasteiger partial charge on any atom is 0.319 e. The van der Waals surface area contributed by atoms with Crippen LogP contribution in [0.25, 0.3) is 0 Å². The summed E-state index contributed by atoms with van der Waals surface area (Å²) in [5.41, 5.74) is 1.89. The highest BCUT2D eigenvalue weighted by Gasteiger charge is 2.55. The fourth-order valence-corrected chi connectivity index (χ4v) is 3.84. The summed E-state index contributed by atoms with van der Waals surface area (Å²) in [4.78, 5) is 12.3. The van der Waals surface area contributed by atoms with Crippen LogP contribution in [-0.2, 0) is 18.9 Å². The van der Waals surface area contributed by atoms with Crippen LogP contribution in [-0.4, -0.2) is 49.6 Å². The quantitative estimate of drug-likeness (QED) is 0.550. The number of carbonyl (C=O) groups is 1. The van der Waals surface area contributed by atoms with Crippen molar-refractivity contribution in [3.63, 3.8) is 0 Å². The number of hydrogen-bond donors (Lipinski definition) is 2. The van der Waals surface area contributed by atoms with E-state index in [9.17, 15) is 4.79 Å². The molecule has 0 bridgehead atoms. The minimum atomic E-state index is -0.695. The zero-order chi connectivity index (χ0) is 21.6. The molecule has 7 nitrogen and oxygen atoms in total. The Morgan fingerprint density at radius 2 is 1.83 bits per heavy atom. The van der Waals surface area contributed by atoms with Gasteiger partial charge in [0.2, 0.25) is 0 Å². The van der Waals surface area contributed by atoms with E-state index in [1.54, 1.807) is 0 Å².